The van der Waals surface area contributed by atoms with E-state index < -0.39 is 0 Å². The molecule has 1 aliphatic heterocycles. The van der Waals surface area contributed by atoms with Gasteiger partial charge in [0, 0.05) is 18.5 Å². The lowest BCUT2D eigenvalue weighted by Crippen LogP contribution is -2.49. The van der Waals surface area contributed by atoms with Crippen LogP contribution in [0.5, 0.6) is 0 Å². The average Bonchev–Trinajstić information content (AvgIpc) is 2.41. The molecular formula is C19H37NO. The van der Waals surface area contributed by atoms with Gasteiger partial charge in [-0.2, -0.15) is 0 Å². The largest absolute Gasteiger partial charge is 0.342 e. The number of likely N-dealkylation sites (tertiary alicyclic amines) is 1. The Morgan fingerprint density at radius 1 is 0.857 bits per heavy atom. The van der Waals surface area contributed by atoms with E-state index in [1.165, 1.54) is 64.2 Å². The molecule has 1 fully saturated rings. The van der Waals surface area contributed by atoms with E-state index in [1.807, 2.05) is 0 Å². The van der Waals surface area contributed by atoms with E-state index >= 15 is 0 Å². The van der Waals surface area contributed by atoms with Crippen molar-refractivity contribution < 1.29 is 4.79 Å². The van der Waals surface area contributed by atoms with Crippen LogP contribution in [-0.2, 0) is 4.79 Å². The zero-order valence-corrected chi connectivity index (χ0v) is 14.8. The molecule has 124 valence electrons. The van der Waals surface area contributed by atoms with E-state index in [9.17, 15) is 4.79 Å². The molecule has 0 spiro atoms. The van der Waals surface area contributed by atoms with Crippen molar-refractivity contribution in [2.45, 2.75) is 97.8 Å². The zero-order chi connectivity index (χ0) is 15.6. The first-order valence-electron chi connectivity index (χ1n) is 9.43. The number of hydrogen-bond acceptors (Lipinski definition) is 1. The van der Waals surface area contributed by atoms with E-state index in [1.54, 1.807) is 0 Å². The SMILES string of the molecule is CCCCCCCC(C)(CCCCCC)C(=O)N1CCC1. The van der Waals surface area contributed by atoms with Crippen LogP contribution in [0.1, 0.15) is 97.8 Å². The minimum atomic E-state index is -0.0830. The third-order valence-corrected chi connectivity index (χ3v) is 5.07. The molecule has 0 bridgehead atoms. The summed E-state index contributed by atoms with van der Waals surface area (Å²) in [4.78, 5) is 14.8. The Morgan fingerprint density at radius 2 is 1.33 bits per heavy atom. The Kier molecular flexibility index (Phi) is 9.03. The summed E-state index contributed by atoms with van der Waals surface area (Å²) >= 11 is 0. The molecule has 2 heteroatoms. The first-order chi connectivity index (χ1) is 10.1. The molecule has 1 unspecified atom stereocenters. The molecule has 0 aliphatic carbocycles. The Morgan fingerprint density at radius 3 is 1.76 bits per heavy atom. The normalized spacial score (nSPS) is 17.4. The van der Waals surface area contributed by atoms with Crippen LogP contribution in [0.4, 0.5) is 0 Å². The first-order valence-corrected chi connectivity index (χ1v) is 9.43. The third kappa shape index (κ3) is 6.40. The fraction of sp³-hybridized carbons (Fsp3) is 0.947. The summed E-state index contributed by atoms with van der Waals surface area (Å²) in [6.07, 6.45) is 15.0. The van der Waals surface area contributed by atoms with E-state index in [-0.39, 0.29) is 5.41 Å². The minimum absolute atomic E-state index is 0.0830. The van der Waals surface area contributed by atoms with Crippen LogP contribution < -0.4 is 0 Å². The quantitative estimate of drug-likeness (QED) is 0.432. The second kappa shape index (κ2) is 10.2. The fourth-order valence-corrected chi connectivity index (χ4v) is 3.30. The third-order valence-electron chi connectivity index (χ3n) is 5.07. The van der Waals surface area contributed by atoms with Crippen LogP contribution in [0, 0.1) is 5.41 Å². The van der Waals surface area contributed by atoms with Gasteiger partial charge in [-0.05, 0) is 19.3 Å². The van der Waals surface area contributed by atoms with Crippen LogP contribution in [0.2, 0.25) is 0 Å². The highest BCUT2D eigenvalue weighted by atomic mass is 16.2. The lowest BCUT2D eigenvalue weighted by molar-refractivity contribution is -0.146. The zero-order valence-electron chi connectivity index (χ0n) is 14.8. The van der Waals surface area contributed by atoms with Crippen molar-refractivity contribution in [3.8, 4) is 0 Å². The Bertz CT molecular complexity index is 285. The molecule has 1 rings (SSSR count). The standard InChI is InChI=1S/C19H37NO/c1-4-6-8-10-12-15-19(3,14-11-9-7-5-2)18(21)20-16-13-17-20/h4-17H2,1-3H3. The van der Waals surface area contributed by atoms with E-state index in [0.29, 0.717) is 5.91 Å². The molecule has 0 aromatic rings. The number of nitrogens with zero attached hydrogens (tertiary/aromatic N) is 1. The average molecular weight is 296 g/mol. The lowest BCUT2D eigenvalue weighted by Gasteiger charge is -2.39. The maximum atomic E-state index is 12.8. The number of amides is 1. The predicted octanol–water partition coefficient (Wildman–Crippen LogP) is 5.56. The van der Waals surface area contributed by atoms with Crippen molar-refractivity contribution in [1.29, 1.82) is 0 Å². The van der Waals surface area contributed by atoms with Crippen LogP contribution in [0.25, 0.3) is 0 Å². The molecule has 0 radical (unpaired) electrons. The molecule has 1 saturated heterocycles. The molecule has 1 atom stereocenters. The summed E-state index contributed by atoms with van der Waals surface area (Å²) in [6, 6.07) is 0. The molecule has 1 amide bonds. The van der Waals surface area contributed by atoms with Gasteiger partial charge in [-0.15, -0.1) is 0 Å². The fourth-order valence-electron chi connectivity index (χ4n) is 3.30. The highest BCUT2D eigenvalue weighted by Crippen LogP contribution is 2.35. The van der Waals surface area contributed by atoms with Crippen LogP contribution >= 0.6 is 0 Å². The summed E-state index contributed by atoms with van der Waals surface area (Å²) < 4.78 is 0. The van der Waals surface area contributed by atoms with Gasteiger partial charge in [-0.1, -0.05) is 78.6 Å². The number of carbonyl (C=O) groups is 1. The maximum absolute atomic E-state index is 12.8. The molecule has 0 saturated carbocycles. The van der Waals surface area contributed by atoms with Crippen LogP contribution in [-0.4, -0.2) is 23.9 Å². The smallest absolute Gasteiger partial charge is 0.228 e. The number of hydrogen-bond donors (Lipinski definition) is 0. The van der Waals surface area contributed by atoms with E-state index in [2.05, 4.69) is 25.7 Å². The molecule has 1 heterocycles. The maximum Gasteiger partial charge on any atom is 0.228 e. The van der Waals surface area contributed by atoms with Gasteiger partial charge in [0.25, 0.3) is 0 Å². The minimum Gasteiger partial charge on any atom is -0.342 e. The van der Waals surface area contributed by atoms with Gasteiger partial charge in [-0.25, -0.2) is 0 Å². The van der Waals surface area contributed by atoms with Gasteiger partial charge in [0.2, 0.25) is 5.91 Å². The first kappa shape index (κ1) is 18.5. The molecule has 0 N–H and O–H groups in total. The molecule has 21 heavy (non-hydrogen) atoms. The summed E-state index contributed by atoms with van der Waals surface area (Å²) in [7, 11) is 0. The van der Waals surface area contributed by atoms with Crippen LogP contribution in [0.15, 0.2) is 0 Å². The topological polar surface area (TPSA) is 20.3 Å². The molecule has 1 aliphatic rings. The van der Waals surface area contributed by atoms with Crippen molar-refractivity contribution in [2.24, 2.45) is 5.41 Å². The molecular weight excluding hydrogens is 258 g/mol. The summed E-state index contributed by atoms with van der Waals surface area (Å²) in [5.74, 6) is 0.445. The van der Waals surface area contributed by atoms with Gasteiger partial charge in [0.1, 0.15) is 0 Å². The Labute approximate surface area is 132 Å². The van der Waals surface area contributed by atoms with Crippen molar-refractivity contribution in [3.63, 3.8) is 0 Å². The van der Waals surface area contributed by atoms with Gasteiger partial charge in [0.05, 0.1) is 0 Å². The summed E-state index contributed by atoms with van der Waals surface area (Å²) in [5.41, 5.74) is -0.0830. The van der Waals surface area contributed by atoms with Gasteiger partial charge >= 0.3 is 0 Å². The second-order valence-corrected chi connectivity index (χ2v) is 7.18. The van der Waals surface area contributed by atoms with E-state index in [4.69, 9.17) is 0 Å². The van der Waals surface area contributed by atoms with Crippen molar-refractivity contribution in [3.05, 3.63) is 0 Å². The summed E-state index contributed by atoms with van der Waals surface area (Å²) in [6.45, 7) is 8.74. The second-order valence-electron chi connectivity index (χ2n) is 7.18. The number of rotatable bonds is 12. The highest BCUT2D eigenvalue weighted by Gasteiger charge is 2.37. The van der Waals surface area contributed by atoms with Crippen molar-refractivity contribution in [1.82, 2.24) is 4.90 Å². The highest BCUT2D eigenvalue weighted by molar-refractivity contribution is 5.82. The molecule has 2 nitrogen and oxygen atoms in total. The van der Waals surface area contributed by atoms with Gasteiger partial charge in [-0.3, -0.25) is 4.79 Å². The predicted molar refractivity (Wildman–Crippen MR) is 91.4 cm³/mol. The monoisotopic (exact) mass is 295 g/mol. The number of carbonyl (C=O) groups excluding carboxylic acids is 1. The molecule has 0 aromatic heterocycles. The van der Waals surface area contributed by atoms with Crippen LogP contribution in [0.3, 0.4) is 0 Å². The summed E-state index contributed by atoms with van der Waals surface area (Å²) in [5, 5.41) is 0. The van der Waals surface area contributed by atoms with Crippen molar-refractivity contribution >= 4 is 5.91 Å². The Balaban J connectivity index is 2.41. The van der Waals surface area contributed by atoms with Gasteiger partial charge < -0.3 is 4.90 Å². The van der Waals surface area contributed by atoms with Crippen molar-refractivity contribution in [2.75, 3.05) is 13.1 Å². The Hall–Kier alpha value is -0.530. The lowest BCUT2D eigenvalue weighted by atomic mass is 9.77. The number of unbranched alkanes of at least 4 members (excludes halogenated alkanes) is 7. The van der Waals surface area contributed by atoms with Gasteiger partial charge in [0.15, 0.2) is 0 Å². The van der Waals surface area contributed by atoms with E-state index in [0.717, 1.165) is 25.9 Å². The molecule has 0 aromatic carbocycles.